The third-order valence-corrected chi connectivity index (χ3v) is 4.49. The van der Waals surface area contributed by atoms with Gasteiger partial charge in [0.1, 0.15) is 5.76 Å². The van der Waals surface area contributed by atoms with Crippen molar-refractivity contribution in [2.45, 2.75) is 26.3 Å². The molecule has 0 saturated carbocycles. The van der Waals surface area contributed by atoms with E-state index in [-0.39, 0.29) is 12.1 Å². The lowest BCUT2D eigenvalue weighted by molar-refractivity contribution is 0.196. The highest BCUT2D eigenvalue weighted by Crippen LogP contribution is 2.18. The number of urea groups is 1. The van der Waals surface area contributed by atoms with Crippen molar-refractivity contribution in [3.05, 3.63) is 54.0 Å². The van der Waals surface area contributed by atoms with Crippen molar-refractivity contribution < 1.29 is 9.21 Å². The monoisotopic (exact) mass is 327 g/mol. The number of benzene rings is 1. The maximum absolute atomic E-state index is 12.5. The number of carbonyl (C=O) groups excluding carboxylic acids is 1. The summed E-state index contributed by atoms with van der Waals surface area (Å²) in [5, 5.41) is 3.02. The van der Waals surface area contributed by atoms with Crippen LogP contribution in [-0.4, -0.2) is 37.1 Å². The Balaban J connectivity index is 1.56. The predicted octanol–water partition coefficient (Wildman–Crippen LogP) is 3.57. The van der Waals surface area contributed by atoms with Gasteiger partial charge in [0, 0.05) is 31.9 Å². The minimum atomic E-state index is -0.121. The van der Waals surface area contributed by atoms with E-state index in [1.807, 2.05) is 24.0 Å². The van der Waals surface area contributed by atoms with Gasteiger partial charge in [-0.05, 0) is 44.5 Å². The second-order valence-electron chi connectivity index (χ2n) is 6.35. The van der Waals surface area contributed by atoms with Gasteiger partial charge < -0.3 is 19.5 Å². The zero-order valence-corrected chi connectivity index (χ0v) is 14.4. The largest absolute Gasteiger partial charge is 0.467 e. The second-order valence-corrected chi connectivity index (χ2v) is 6.35. The smallest absolute Gasteiger partial charge is 0.318 e. The van der Waals surface area contributed by atoms with Gasteiger partial charge in [0.2, 0.25) is 0 Å². The van der Waals surface area contributed by atoms with Crippen molar-refractivity contribution in [1.82, 2.24) is 10.2 Å². The van der Waals surface area contributed by atoms with E-state index in [2.05, 4.69) is 41.4 Å². The highest BCUT2D eigenvalue weighted by atomic mass is 16.3. The number of carbonyl (C=O) groups is 1. The molecule has 2 amide bonds. The SMILES string of the molecule is Cc1ccc(N2CCCN(C(=O)NC(C)c3ccco3)CC2)cc1. The van der Waals surface area contributed by atoms with Gasteiger partial charge in [-0.1, -0.05) is 17.7 Å². The van der Waals surface area contributed by atoms with Crippen LogP contribution in [0, 0.1) is 6.92 Å². The van der Waals surface area contributed by atoms with E-state index < -0.39 is 0 Å². The van der Waals surface area contributed by atoms with Gasteiger partial charge in [-0.3, -0.25) is 0 Å². The summed E-state index contributed by atoms with van der Waals surface area (Å²) in [6, 6.07) is 12.2. The molecule has 1 atom stereocenters. The first-order valence-corrected chi connectivity index (χ1v) is 8.54. The molecule has 1 aromatic heterocycles. The molecule has 5 nitrogen and oxygen atoms in total. The molecule has 1 aromatic carbocycles. The third kappa shape index (κ3) is 3.91. The number of aryl methyl sites for hydroxylation is 1. The Kier molecular flexibility index (Phi) is 5.08. The number of hydrogen-bond donors (Lipinski definition) is 1. The molecule has 128 valence electrons. The lowest BCUT2D eigenvalue weighted by Crippen LogP contribution is -2.42. The lowest BCUT2D eigenvalue weighted by Gasteiger charge is -2.25. The molecular weight excluding hydrogens is 302 g/mol. The zero-order chi connectivity index (χ0) is 16.9. The molecule has 1 fully saturated rings. The van der Waals surface area contributed by atoms with E-state index in [0.717, 1.165) is 38.4 Å². The Hall–Kier alpha value is -2.43. The first kappa shape index (κ1) is 16.4. The molecule has 5 heteroatoms. The van der Waals surface area contributed by atoms with Gasteiger partial charge in [-0.25, -0.2) is 4.79 Å². The van der Waals surface area contributed by atoms with Crippen molar-refractivity contribution in [2.24, 2.45) is 0 Å². The maximum atomic E-state index is 12.5. The Bertz CT molecular complexity index is 652. The Morgan fingerprint density at radius 2 is 1.92 bits per heavy atom. The highest BCUT2D eigenvalue weighted by Gasteiger charge is 2.21. The predicted molar refractivity (Wildman–Crippen MR) is 95.2 cm³/mol. The summed E-state index contributed by atoms with van der Waals surface area (Å²) in [5.41, 5.74) is 2.49. The first-order valence-electron chi connectivity index (χ1n) is 8.54. The van der Waals surface area contributed by atoms with Gasteiger partial charge in [0.05, 0.1) is 12.3 Å². The normalized spacial score (nSPS) is 16.6. The molecule has 24 heavy (non-hydrogen) atoms. The molecule has 0 aliphatic carbocycles. The highest BCUT2D eigenvalue weighted by molar-refractivity contribution is 5.74. The molecule has 1 N–H and O–H groups in total. The van der Waals surface area contributed by atoms with E-state index in [1.54, 1.807) is 6.26 Å². The van der Waals surface area contributed by atoms with Crippen molar-refractivity contribution >= 4 is 11.7 Å². The summed E-state index contributed by atoms with van der Waals surface area (Å²) < 4.78 is 5.35. The number of nitrogens with one attached hydrogen (secondary N) is 1. The number of hydrogen-bond acceptors (Lipinski definition) is 3. The molecule has 1 unspecified atom stereocenters. The van der Waals surface area contributed by atoms with Crippen LogP contribution in [0.15, 0.2) is 47.1 Å². The van der Waals surface area contributed by atoms with Crippen molar-refractivity contribution in [2.75, 3.05) is 31.1 Å². The number of rotatable bonds is 3. The molecule has 2 aromatic rings. The van der Waals surface area contributed by atoms with Crippen LogP contribution >= 0.6 is 0 Å². The summed E-state index contributed by atoms with van der Waals surface area (Å²) >= 11 is 0. The van der Waals surface area contributed by atoms with E-state index >= 15 is 0 Å². The van der Waals surface area contributed by atoms with E-state index in [9.17, 15) is 4.79 Å². The fraction of sp³-hybridized carbons (Fsp3) is 0.421. The van der Waals surface area contributed by atoms with Crippen molar-refractivity contribution in [3.8, 4) is 0 Å². The first-order chi connectivity index (χ1) is 11.6. The van der Waals surface area contributed by atoms with E-state index in [0.29, 0.717) is 0 Å². The summed E-state index contributed by atoms with van der Waals surface area (Å²) in [5.74, 6) is 0.777. The zero-order valence-electron chi connectivity index (χ0n) is 14.4. The third-order valence-electron chi connectivity index (χ3n) is 4.49. The van der Waals surface area contributed by atoms with Gasteiger partial charge in [-0.15, -0.1) is 0 Å². The Labute approximate surface area is 143 Å². The minimum Gasteiger partial charge on any atom is -0.467 e. The number of nitrogens with zero attached hydrogens (tertiary/aromatic N) is 2. The summed E-state index contributed by atoms with van der Waals surface area (Å²) in [6.07, 6.45) is 2.60. The molecule has 1 aliphatic heterocycles. The number of furan rings is 1. The average molecular weight is 327 g/mol. The van der Waals surface area contributed by atoms with Crippen LogP contribution in [0.1, 0.15) is 30.7 Å². The van der Waals surface area contributed by atoms with Crippen LogP contribution in [0.25, 0.3) is 0 Å². The van der Waals surface area contributed by atoms with Crippen LogP contribution in [-0.2, 0) is 0 Å². The Morgan fingerprint density at radius 1 is 1.12 bits per heavy atom. The van der Waals surface area contributed by atoms with Gasteiger partial charge in [0.15, 0.2) is 0 Å². The summed E-state index contributed by atoms with van der Waals surface area (Å²) in [6.45, 7) is 7.36. The van der Waals surface area contributed by atoms with Gasteiger partial charge in [-0.2, -0.15) is 0 Å². The quantitative estimate of drug-likeness (QED) is 0.937. The second kappa shape index (κ2) is 7.43. The Morgan fingerprint density at radius 3 is 2.62 bits per heavy atom. The maximum Gasteiger partial charge on any atom is 0.318 e. The van der Waals surface area contributed by atoms with Crippen LogP contribution in [0.5, 0.6) is 0 Å². The number of anilines is 1. The molecule has 1 aliphatic rings. The minimum absolute atomic E-state index is 0.0235. The molecule has 1 saturated heterocycles. The van der Waals surface area contributed by atoms with Gasteiger partial charge >= 0.3 is 6.03 Å². The molecule has 0 spiro atoms. The molecule has 0 radical (unpaired) electrons. The fourth-order valence-corrected chi connectivity index (χ4v) is 3.02. The standard InChI is InChI=1S/C19H25N3O2/c1-15-6-8-17(9-7-15)21-10-4-11-22(13-12-21)19(23)20-16(2)18-5-3-14-24-18/h3,5-9,14,16H,4,10-13H2,1-2H3,(H,20,23). The fourth-order valence-electron chi connectivity index (χ4n) is 3.02. The number of amides is 2. The van der Waals surface area contributed by atoms with E-state index in [1.165, 1.54) is 11.3 Å². The van der Waals surface area contributed by atoms with E-state index in [4.69, 9.17) is 4.42 Å². The van der Waals surface area contributed by atoms with Crippen LogP contribution < -0.4 is 10.2 Å². The summed E-state index contributed by atoms with van der Waals surface area (Å²) in [4.78, 5) is 16.7. The lowest BCUT2D eigenvalue weighted by atomic mass is 10.2. The van der Waals surface area contributed by atoms with Crippen molar-refractivity contribution in [3.63, 3.8) is 0 Å². The molecular formula is C19H25N3O2. The van der Waals surface area contributed by atoms with Crippen LogP contribution in [0.4, 0.5) is 10.5 Å². The average Bonchev–Trinajstić information content (AvgIpc) is 3.00. The van der Waals surface area contributed by atoms with Crippen LogP contribution in [0.3, 0.4) is 0 Å². The van der Waals surface area contributed by atoms with Crippen molar-refractivity contribution in [1.29, 1.82) is 0 Å². The molecule has 3 rings (SSSR count). The molecule has 2 heterocycles. The molecule has 0 bridgehead atoms. The van der Waals surface area contributed by atoms with Gasteiger partial charge in [0.25, 0.3) is 0 Å². The topological polar surface area (TPSA) is 48.7 Å². The summed E-state index contributed by atoms with van der Waals surface area (Å²) in [7, 11) is 0. The van der Waals surface area contributed by atoms with Crippen LogP contribution in [0.2, 0.25) is 0 Å².